The van der Waals surface area contributed by atoms with Crippen molar-refractivity contribution >= 4 is 5.69 Å². The van der Waals surface area contributed by atoms with E-state index in [0.717, 1.165) is 28.1 Å². The second-order valence-electron chi connectivity index (χ2n) is 3.53. The van der Waals surface area contributed by atoms with Crippen LogP contribution >= 0.6 is 0 Å². The lowest BCUT2D eigenvalue weighted by Crippen LogP contribution is -2.04. The molecule has 15 heavy (non-hydrogen) atoms. The van der Waals surface area contributed by atoms with Gasteiger partial charge in [-0.25, -0.2) is 0 Å². The number of methoxy groups -OCH3 is 1. The van der Waals surface area contributed by atoms with Crippen LogP contribution in [0.1, 0.15) is 16.7 Å². The largest absolute Gasteiger partial charge is 0.496 e. The first-order chi connectivity index (χ1) is 7.11. The smallest absolute Gasteiger partial charge is 0.122 e. The Morgan fingerprint density at radius 3 is 2.53 bits per heavy atom. The number of rotatable bonds is 3. The molecule has 0 aliphatic carbocycles. The molecule has 0 aliphatic rings. The molecule has 0 aromatic heterocycles. The minimum Gasteiger partial charge on any atom is -0.496 e. The van der Waals surface area contributed by atoms with E-state index in [-0.39, 0.29) is 0 Å². The Kier molecular flexibility index (Phi) is 3.56. The summed E-state index contributed by atoms with van der Waals surface area (Å²) in [6, 6.07) is 4.06. The fourth-order valence-corrected chi connectivity index (χ4v) is 1.66. The molecule has 0 amide bonds. The van der Waals surface area contributed by atoms with Crippen molar-refractivity contribution in [1.29, 1.82) is 5.26 Å². The Bertz CT molecular complexity index is 405. The van der Waals surface area contributed by atoms with Crippen LogP contribution in [-0.4, -0.2) is 13.7 Å². The van der Waals surface area contributed by atoms with E-state index in [1.54, 1.807) is 7.11 Å². The highest BCUT2D eigenvalue weighted by atomic mass is 16.5. The number of ether oxygens (including phenoxy) is 1. The summed E-state index contributed by atoms with van der Waals surface area (Å²) in [5.74, 6) is 0.896. The Balaban J connectivity index is 3.18. The van der Waals surface area contributed by atoms with Gasteiger partial charge in [0.1, 0.15) is 12.3 Å². The number of nitrogens with zero attached hydrogens (tertiary/aromatic N) is 1. The van der Waals surface area contributed by atoms with Crippen LogP contribution in [0.2, 0.25) is 0 Å². The third kappa shape index (κ3) is 2.21. The maximum Gasteiger partial charge on any atom is 0.122 e. The lowest BCUT2D eigenvalue weighted by molar-refractivity contribution is 0.411. The molecule has 0 unspecified atom stereocenters. The summed E-state index contributed by atoms with van der Waals surface area (Å²) < 4.78 is 5.27. The standard InChI is InChI=1S/C12H16N2O/c1-8-7-11(15-4)9(2)10(3)12(8)14-6-5-13/h7,14H,6H2,1-4H3. The van der Waals surface area contributed by atoms with Gasteiger partial charge in [0, 0.05) is 5.69 Å². The molecule has 1 N–H and O–H groups in total. The second kappa shape index (κ2) is 4.70. The summed E-state index contributed by atoms with van der Waals surface area (Å²) in [5, 5.41) is 11.6. The molecular weight excluding hydrogens is 188 g/mol. The van der Waals surface area contributed by atoms with E-state index < -0.39 is 0 Å². The first-order valence-electron chi connectivity index (χ1n) is 4.87. The van der Waals surface area contributed by atoms with E-state index in [9.17, 15) is 0 Å². The number of aryl methyl sites for hydroxylation is 1. The number of benzene rings is 1. The van der Waals surface area contributed by atoms with E-state index in [1.165, 1.54) is 0 Å². The van der Waals surface area contributed by atoms with E-state index in [2.05, 4.69) is 11.4 Å². The molecule has 80 valence electrons. The Morgan fingerprint density at radius 1 is 1.33 bits per heavy atom. The number of nitriles is 1. The van der Waals surface area contributed by atoms with Crippen LogP contribution in [0.3, 0.4) is 0 Å². The van der Waals surface area contributed by atoms with Crippen molar-refractivity contribution in [1.82, 2.24) is 0 Å². The first kappa shape index (κ1) is 11.4. The maximum atomic E-state index is 8.54. The summed E-state index contributed by atoms with van der Waals surface area (Å²) in [5.41, 5.74) is 4.39. The molecule has 0 bridgehead atoms. The highest BCUT2D eigenvalue weighted by Gasteiger charge is 2.09. The Labute approximate surface area is 90.7 Å². The number of hydrogen-bond donors (Lipinski definition) is 1. The van der Waals surface area contributed by atoms with Crippen molar-refractivity contribution in [3.63, 3.8) is 0 Å². The van der Waals surface area contributed by atoms with E-state index in [4.69, 9.17) is 10.00 Å². The molecule has 3 heteroatoms. The lowest BCUT2D eigenvalue weighted by atomic mass is 10.0. The molecule has 0 saturated heterocycles. The molecule has 3 nitrogen and oxygen atoms in total. The summed E-state index contributed by atoms with van der Waals surface area (Å²) in [6.45, 7) is 6.39. The van der Waals surface area contributed by atoms with Gasteiger partial charge in [0.05, 0.1) is 13.2 Å². The average Bonchev–Trinajstić information content (AvgIpc) is 2.23. The first-order valence-corrected chi connectivity index (χ1v) is 4.87. The van der Waals surface area contributed by atoms with Crippen LogP contribution in [0, 0.1) is 32.1 Å². The van der Waals surface area contributed by atoms with Gasteiger partial charge in [-0.05, 0) is 43.5 Å². The molecule has 1 aromatic carbocycles. The maximum absolute atomic E-state index is 8.54. The van der Waals surface area contributed by atoms with Crippen molar-refractivity contribution in [3.05, 3.63) is 22.8 Å². The SMILES string of the molecule is COc1cc(C)c(NCC#N)c(C)c1C. The molecule has 0 radical (unpaired) electrons. The quantitative estimate of drug-likeness (QED) is 0.769. The monoisotopic (exact) mass is 204 g/mol. The van der Waals surface area contributed by atoms with Gasteiger partial charge >= 0.3 is 0 Å². The average molecular weight is 204 g/mol. The van der Waals surface area contributed by atoms with E-state index >= 15 is 0 Å². The highest BCUT2D eigenvalue weighted by molar-refractivity contribution is 5.63. The van der Waals surface area contributed by atoms with E-state index in [1.807, 2.05) is 26.8 Å². The number of anilines is 1. The van der Waals surface area contributed by atoms with Gasteiger partial charge in [-0.1, -0.05) is 0 Å². The van der Waals surface area contributed by atoms with Gasteiger partial charge in [0.25, 0.3) is 0 Å². The van der Waals surface area contributed by atoms with Crippen LogP contribution in [0.15, 0.2) is 6.07 Å². The molecule has 0 spiro atoms. The zero-order valence-corrected chi connectivity index (χ0v) is 9.64. The van der Waals surface area contributed by atoms with Crippen LogP contribution in [0.4, 0.5) is 5.69 Å². The summed E-state index contributed by atoms with van der Waals surface area (Å²) in [6.07, 6.45) is 0. The van der Waals surface area contributed by atoms with E-state index in [0.29, 0.717) is 6.54 Å². The molecule has 1 rings (SSSR count). The molecule has 0 saturated carbocycles. The van der Waals surface area contributed by atoms with Crippen LogP contribution in [-0.2, 0) is 0 Å². The highest BCUT2D eigenvalue weighted by Crippen LogP contribution is 2.30. The fraction of sp³-hybridized carbons (Fsp3) is 0.417. The van der Waals surface area contributed by atoms with Crippen LogP contribution in [0.25, 0.3) is 0 Å². The molecule has 0 heterocycles. The minimum absolute atomic E-state index is 0.327. The normalized spacial score (nSPS) is 9.53. The predicted molar refractivity (Wildman–Crippen MR) is 61.3 cm³/mol. The molecule has 0 atom stereocenters. The minimum atomic E-state index is 0.327. The predicted octanol–water partition coefficient (Wildman–Crippen LogP) is 2.56. The van der Waals surface area contributed by atoms with Gasteiger partial charge in [-0.2, -0.15) is 5.26 Å². The number of nitrogens with one attached hydrogen (secondary N) is 1. The fourth-order valence-electron chi connectivity index (χ4n) is 1.66. The topological polar surface area (TPSA) is 45.0 Å². The third-order valence-electron chi connectivity index (χ3n) is 2.61. The summed E-state index contributed by atoms with van der Waals surface area (Å²) in [4.78, 5) is 0. The third-order valence-corrected chi connectivity index (χ3v) is 2.61. The van der Waals surface area contributed by atoms with Gasteiger partial charge in [-0.15, -0.1) is 0 Å². The van der Waals surface area contributed by atoms with Gasteiger partial charge in [0.15, 0.2) is 0 Å². The summed E-state index contributed by atoms with van der Waals surface area (Å²) >= 11 is 0. The van der Waals surface area contributed by atoms with Gasteiger partial charge in [-0.3, -0.25) is 0 Å². The van der Waals surface area contributed by atoms with Crippen molar-refractivity contribution in [3.8, 4) is 11.8 Å². The molecule has 1 aromatic rings. The van der Waals surface area contributed by atoms with Crippen molar-refractivity contribution in [2.24, 2.45) is 0 Å². The van der Waals surface area contributed by atoms with Crippen molar-refractivity contribution < 1.29 is 4.74 Å². The number of hydrogen-bond acceptors (Lipinski definition) is 3. The van der Waals surface area contributed by atoms with Crippen LogP contribution in [0.5, 0.6) is 5.75 Å². The molecular formula is C12H16N2O. The Hall–Kier alpha value is -1.69. The van der Waals surface area contributed by atoms with Gasteiger partial charge < -0.3 is 10.1 Å². The van der Waals surface area contributed by atoms with Gasteiger partial charge in [0.2, 0.25) is 0 Å². The van der Waals surface area contributed by atoms with Crippen molar-refractivity contribution in [2.45, 2.75) is 20.8 Å². The molecule has 0 fully saturated rings. The zero-order valence-electron chi connectivity index (χ0n) is 9.64. The lowest BCUT2D eigenvalue weighted by Gasteiger charge is -2.16. The van der Waals surface area contributed by atoms with Crippen LogP contribution < -0.4 is 10.1 Å². The summed E-state index contributed by atoms with van der Waals surface area (Å²) in [7, 11) is 1.67. The van der Waals surface area contributed by atoms with Crippen molar-refractivity contribution in [2.75, 3.05) is 19.0 Å². The zero-order chi connectivity index (χ0) is 11.4. The Morgan fingerprint density at radius 2 is 2.00 bits per heavy atom. The molecule has 0 aliphatic heterocycles. The second-order valence-corrected chi connectivity index (χ2v) is 3.53.